The molecule has 1 aromatic carbocycles. The molecule has 1 aromatic heterocycles. The van der Waals surface area contributed by atoms with Gasteiger partial charge in [0.15, 0.2) is 6.10 Å². The quantitative estimate of drug-likeness (QED) is 0.630. The van der Waals surface area contributed by atoms with Crippen molar-refractivity contribution in [2.24, 2.45) is 0 Å². The topological polar surface area (TPSA) is 55.4 Å². The summed E-state index contributed by atoms with van der Waals surface area (Å²) in [7, 11) is 0. The van der Waals surface area contributed by atoms with E-state index in [1.165, 1.54) is 24.3 Å². The molecule has 4 nitrogen and oxygen atoms in total. The number of amides is 1. The number of anilines is 1. The average molecular weight is 369 g/mol. The van der Waals surface area contributed by atoms with Crippen molar-refractivity contribution < 1.29 is 27.5 Å². The van der Waals surface area contributed by atoms with E-state index in [-0.39, 0.29) is 5.69 Å². The first-order chi connectivity index (χ1) is 11.8. The Morgan fingerprint density at radius 3 is 2.44 bits per heavy atom. The van der Waals surface area contributed by atoms with Crippen molar-refractivity contribution >= 4 is 35.0 Å². The third-order valence-corrected chi connectivity index (χ3v) is 3.91. The van der Waals surface area contributed by atoms with Gasteiger partial charge in [-0.2, -0.15) is 13.2 Å². The summed E-state index contributed by atoms with van der Waals surface area (Å²) in [5.74, 6) is -1.33. The van der Waals surface area contributed by atoms with Crippen LogP contribution in [0, 0.1) is 0 Å². The van der Waals surface area contributed by atoms with Crippen LogP contribution in [0.4, 0.5) is 18.9 Å². The highest BCUT2D eigenvalue weighted by atomic mass is 32.1. The Balaban J connectivity index is 1.88. The summed E-state index contributed by atoms with van der Waals surface area (Å²) in [6, 6.07) is 7.62. The number of halogens is 3. The zero-order valence-electron chi connectivity index (χ0n) is 13.0. The standard InChI is InChI=1S/C17H14F3NO3S/c1-11(24-15(22)9-8-14-3-2-10-25-14)16(23)21-13-6-4-12(5-7-13)17(18,19)20/h2-11H,1H3,(H,21,23)/b9-8+/t11-/m0/s1. The van der Waals surface area contributed by atoms with Gasteiger partial charge in [-0.15, -0.1) is 11.3 Å². The first-order valence-corrected chi connectivity index (χ1v) is 8.04. The number of ether oxygens (including phenoxy) is 1. The van der Waals surface area contributed by atoms with E-state index in [1.807, 2.05) is 17.5 Å². The van der Waals surface area contributed by atoms with Crippen LogP contribution in [0.2, 0.25) is 0 Å². The molecule has 2 rings (SSSR count). The van der Waals surface area contributed by atoms with Crippen molar-refractivity contribution in [2.75, 3.05) is 5.32 Å². The molecule has 0 aliphatic rings. The van der Waals surface area contributed by atoms with E-state index in [4.69, 9.17) is 4.74 Å². The summed E-state index contributed by atoms with van der Waals surface area (Å²) >= 11 is 1.44. The second-order valence-corrected chi connectivity index (χ2v) is 5.97. The number of esters is 1. The van der Waals surface area contributed by atoms with Gasteiger partial charge in [-0.3, -0.25) is 4.79 Å². The van der Waals surface area contributed by atoms with E-state index in [2.05, 4.69) is 5.32 Å². The summed E-state index contributed by atoms with van der Waals surface area (Å²) < 4.78 is 42.4. The molecule has 25 heavy (non-hydrogen) atoms. The molecule has 0 saturated heterocycles. The Kier molecular flexibility index (Phi) is 5.97. The van der Waals surface area contributed by atoms with Gasteiger partial charge < -0.3 is 10.1 Å². The number of thiophene rings is 1. The second-order valence-electron chi connectivity index (χ2n) is 4.99. The fourth-order valence-corrected chi connectivity index (χ4v) is 2.41. The predicted molar refractivity (Wildman–Crippen MR) is 89.0 cm³/mol. The number of nitrogens with one attached hydrogen (secondary N) is 1. The first-order valence-electron chi connectivity index (χ1n) is 7.16. The van der Waals surface area contributed by atoms with Crippen LogP contribution >= 0.6 is 11.3 Å². The number of carbonyl (C=O) groups excluding carboxylic acids is 2. The van der Waals surface area contributed by atoms with E-state index in [1.54, 1.807) is 6.08 Å². The van der Waals surface area contributed by atoms with Gasteiger partial charge in [0, 0.05) is 16.6 Å². The molecule has 8 heteroatoms. The van der Waals surface area contributed by atoms with E-state index >= 15 is 0 Å². The van der Waals surface area contributed by atoms with Crippen LogP contribution in [0.1, 0.15) is 17.4 Å². The second kappa shape index (κ2) is 7.98. The molecule has 1 heterocycles. The molecule has 0 fully saturated rings. The Labute approximate surface area is 145 Å². The third-order valence-electron chi connectivity index (χ3n) is 3.07. The van der Waals surface area contributed by atoms with Crippen molar-refractivity contribution in [2.45, 2.75) is 19.2 Å². The highest BCUT2D eigenvalue weighted by Crippen LogP contribution is 2.29. The van der Waals surface area contributed by atoms with Crippen LogP contribution in [-0.2, 0) is 20.5 Å². The van der Waals surface area contributed by atoms with Crippen molar-refractivity contribution in [3.8, 4) is 0 Å². The molecule has 1 amide bonds. The molecular weight excluding hydrogens is 355 g/mol. The molecule has 1 N–H and O–H groups in total. The van der Waals surface area contributed by atoms with Gasteiger partial charge in [-0.25, -0.2) is 4.79 Å². The average Bonchev–Trinajstić information content (AvgIpc) is 3.06. The lowest BCUT2D eigenvalue weighted by molar-refractivity contribution is -0.148. The molecule has 2 aromatic rings. The first kappa shape index (κ1) is 18.7. The molecule has 0 saturated carbocycles. The maximum absolute atomic E-state index is 12.5. The van der Waals surface area contributed by atoms with Gasteiger partial charge >= 0.3 is 12.1 Å². The number of rotatable bonds is 5. The Morgan fingerprint density at radius 2 is 1.88 bits per heavy atom. The number of alkyl halides is 3. The highest BCUT2D eigenvalue weighted by Gasteiger charge is 2.30. The van der Waals surface area contributed by atoms with E-state index < -0.39 is 29.7 Å². The van der Waals surface area contributed by atoms with Crippen molar-refractivity contribution in [3.63, 3.8) is 0 Å². The van der Waals surface area contributed by atoms with E-state index in [0.29, 0.717) is 0 Å². The Bertz CT molecular complexity index is 752. The number of hydrogen-bond acceptors (Lipinski definition) is 4. The fraction of sp³-hybridized carbons (Fsp3) is 0.176. The molecule has 132 valence electrons. The smallest absolute Gasteiger partial charge is 0.416 e. The van der Waals surface area contributed by atoms with Crippen molar-refractivity contribution in [1.82, 2.24) is 0 Å². The number of carbonyl (C=O) groups is 2. The maximum atomic E-state index is 12.5. The lowest BCUT2D eigenvalue weighted by atomic mass is 10.2. The van der Waals surface area contributed by atoms with Crippen molar-refractivity contribution in [3.05, 3.63) is 58.3 Å². The van der Waals surface area contributed by atoms with Gasteiger partial charge in [0.1, 0.15) is 0 Å². The highest BCUT2D eigenvalue weighted by molar-refractivity contribution is 7.10. The van der Waals surface area contributed by atoms with Gasteiger partial charge in [0.25, 0.3) is 5.91 Å². The lowest BCUT2D eigenvalue weighted by Crippen LogP contribution is -2.29. The molecule has 0 aliphatic carbocycles. The molecule has 0 bridgehead atoms. The van der Waals surface area contributed by atoms with Crippen LogP contribution in [0.5, 0.6) is 0 Å². The minimum atomic E-state index is -4.44. The van der Waals surface area contributed by atoms with Gasteiger partial charge in [-0.1, -0.05) is 6.07 Å². The van der Waals surface area contributed by atoms with Gasteiger partial charge in [-0.05, 0) is 48.7 Å². The van der Waals surface area contributed by atoms with Crippen LogP contribution < -0.4 is 5.32 Å². The third kappa shape index (κ3) is 5.75. The zero-order valence-corrected chi connectivity index (χ0v) is 13.9. The summed E-state index contributed by atoms with van der Waals surface area (Å²) in [6.07, 6.45) is -2.77. The molecule has 0 radical (unpaired) electrons. The summed E-state index contributed by atoms with van der Waals surface area (Å²) in [4.78, 5) is 24.4. The normalized spacial score (nSPS) is 12.8. The molecule has 1 atom stereocenters. The zero-order chi connectivity index (χ0) is 18.4. The SMILES string of the molecule is C[C@H](OC(=O)/C=C/c1cccs1)C(=O)Nc1ccc(C(F)(F)F)cc1. The van der Waals surface area contributed by atoms with Crippen LogP contribution in [0.25, 0.3) is 6.08 Å². The Hall–Kier alpha value is -2.61. The van der Waals surface area contributed by atoms with Crippen LogP contribution in [0.3, 0.4) is 0 Å². The molecule has 0 unspecified atom stereocenters. The minimum absolute atomic E-state index is 0.176. The molecular formula is C17H14F3NO3S. The van der Waals surface area contributed by atoms with Crippen molar-refractivity contribution in [1.29, 1.82) is 0 Å². The summed E-state index contributed by atoms with van der Waals surface area (Å²) in [5.41, 5.74) is -0.640. The Morgan fingerprint density at radius 1 is 1.20 bits per heavy atom. The fourth-order valence-electron chi connectivity index (χ4n) is 1.79. The number of benzene rings is 1. The monoisotopic (exact) mass is 369 g/mol. The van der Waals surface area contributed by atoms with Gasteiger partial charge in [0.05, 0.1) is 5.56 Å². The largest absolute Gasteiger partial charge is 0.449 e. The number of hydrogen-bond donors (Lipinski definition) is 1. The maximum Gasteiger partial charge on any atom is 0.416 e. The van der Waals surface area contributed by atoms with E-state index in [9.17, 15) is 22.8 Å². The van der Waals surface area contributed by atoms with Crippen LogP contribution in [-0.4, -0.2) is 18.0 Å². The lowest BCUT2D eigenvalue weighted by Gasteiger charge is -2.13. The minimum Gasteiger partial charge on any atom is -0.449 e. The predicted octanol–water partition coefficient (Wildman–Crippen LogP) is 4.35. The summed E-state index contributed by atoms with van der Waals surface area (Å²) in [6.45, 7) is 1.37. The molecule has 0 spiro atoms. The summed E-state index contributed by atoms with van der Waals surface area (Å²) in [5, 5.41) is 4.24. The van der Waals surface area contributed by atoms with Crippen LogP contribution in [0.15, 0.2) is 47.9 Å². The van der Waals surface area contributed by atoms with Gasteiger partial charge in [0.2, 0.25) is 0 Å². The molecule has 0 aliphatic heterocycles. The van der Waals surface area contributed by atoms with E-state index in [0.717, 1.165) is 29.1 Å².